The summed E-state index contributed by atoms with van der Waals surface area (Å²) in [4.78, 5) is 48.3. The maximum Gasteiger partial charge on any atom is 0.300 e. The van der Waals surface area contributed by atoms with E-state index < -0.39 is 34.6 Å². The number of rotatable bonds is 6. The molecule has 0 aliphatic heterocycles. The summed E-state index contributed by atoms with van der Waals surface area (Å²) in [6.07, 6.45) is 2.88. The molecule has 4 rings (SSSR count). The lowest BCUT2D eigenvalue weighted by atomic mass is 10.2. The van der Waals surface area contributed by atoms with Crippen LogP contribution in [0.25, 0.3) is 5.65 Å². The second-order valence-corrected chi connectivity index (χ2v) is 7.27. The number of nitrogens with one attached hydrogen (secondary N) is 1. The number of amides is 2. The van der Waals surface area contributed by atoms with E-state index >= 15 is 0 Å². The van der Waals surface area contributed by atoms with E-state index in [1.54, 1.807) is 31.2 Å². The Morgan fingerprint density at radius 1 is 1.12 bits per heavy atom. The van der Waals surface area contributed by atoms with Crippen molar-refractivity contribution in [2.24, 2.45) is 0 Å². The van der Waals surface area contributed by atoms with Crippen molar-refractivity contribution in [2.75, 3.05) is 11.4 Å². The Morgan fingerprint density at radius 2 is 1.88 bits per heavy atom. The molecule has 0 saturated carbocycles. The minimum absolute atomic E-state index is 0.0170. The van der Waals surface area contributed by atoms with Crippen LogP contribution < -0.4 is 15.8 Å². The number of aromatic nitrogens is 3. The molecule has 2 N–H and O–H groups in total. The summed E-state index contributed by atoms with van der Waals surface area (Å²) in [7, 11) is 0. The molecule has 0 atom stereocenters. The van der Waals surface area contributed by atoms with Gasteiger partial charge in [-0.05, 0) is 48.9 Å². The Bertz CT molecular complexity index is 1420. The summed E-state index contributed by atoms with van der Waals surface area (Å²) >= 11 is 0. The van der Waals surface area contributed by atoms with Gasteiger partial charge in [-0.25, -0.2) is 9.37 Å². The molecule has 0 bridgehead atoms. The Kier molecular flexibility index (Phi) is 6.30. The van der Waals surface area contributed by atoms with E-state index in [2.05, 4.69) is 15.3 Å². The fraction of sp³-hybridized carbons (Fsp3) is 0.125. The minimum atomic E-state index is -0.861. The van der Waals surface area contributed by atoms with Crippen LogP contribution >= 0.6 is 0 Å². The van der Waals surface area contributed by atoms with Crippen LogP contribution in [0.2, 0.25) is 0 Å². The van der Waals surface area contributed by atoms with Crippen molar-refractivity contribution >= 4 is 23.1 Å². The van der Waals surface area contributed by atoms with Gasteiger partial charge >= 0.3 is 5.56 Å². The number of nitrogens with zero attached hydrogens (tertiary/aromatic N) is 4. The molecule has 10 heteroatoms. The summed E-state index contributed by atoms with van der Waals surface area (Å²) in [5, 5.41) is 12.9. The van der Waals surface area contributed by atoms with E-state index in [0.29, 0.717) is 5.56 Å². The maximum absolute atomic E-state index is 13.1. The van der Waals surface area contributed by atoms with Gasteiger partial charge in [-0.3, -0.25) is 23.8 Å². The van der Waals surface area contributed by atoms with Gasteiger partial charge in [-0.2, -0.15) is 0 Å². The Hall–Kier alpha value is -4.60. The number of anilines is 1. The Morgan fingerprint density at radius 3 is 2.56 bits per heavy atom. The van der Waals surface area contributed by atoms with Crippen molar-refractivity contribution < 1.29 is 19.1 Å². The number of aromatic hydroxyl groups is 1. The van der Waals surface area contributed by atoms with Crippen molar-refractivity contribution in [2.45, 2.75) is 13.5 Å². The van der Waals surface area contributed by atoms with Crippen molar-refractivity contribution in [3.8, 4) is 5.75 Å². The fourth-order valence-electron chi connectivity index (χ4n) is 3.43. The molecule has 4 aromatic rings. The Balaban J connectivity index is 1.73. The lowest BCUT2D eigenvalue weighted by molar-refractivity contribution is 0.0941. The highest BCUT2D eigenvalue weighted by Crippen LogP contribution is 2.23. The van der Waals surface area contributed by atoms with E-state index in [0.717, 1.165) is 4.40 Å². The van der Waals surface area contributed by atoms with E-state index in [1.165, 1.54) is 47.6 Å². The summed E-state index contributed by atoms with van der Waals surface area (Å²) in [5.74, 6) is -2.45. The zero-order valence-corrected chi connectivity index (χ0v) is 18.1. The summed E-state index contributed by atoms with van der Waals surface area (Å²) in [5.41, 5.74) is -0.245. The van der Waals surface area contributed by atoms with E-state index in [9.17, 15) is 23.9 Å². The third kappa shape index (κ3) is 4.33. The van der Waals surface area contributed by atoms with Crippen LogP contribution in [0.15, 0.2) is 71.8 Å². The zero-order valence-electron chi connectivity index (χ0n) is 18.1. The van der Waals surface area contributed by atoms with Gasteiger partial charge in [-0.1, -0.05) is 18.2 Å². The van der Waals surface area contributed by atoms with Gasteiger partial charge < -0.3 is 15.3 Å². The summed E-state index contributed by atoms with van der Waals surface area (Å²) in [6, 6.07) is 13.6. The zero-order chi connectivity index (χ0) is 24.2. The molecular formula is C24H20FN5O4. The number of halogens is 1. The van der Waals surface area contributed by atoms with Crippen LogP contribution in [-0.2, 0) is 6.54 Å². The summed E-state index contributed by atoms with van der Waals surface area (Å²) in [6.45, 7) is 2.01. The van der Waals surface area contributed by atoms with E-state index in [1.807, 2.05) is 0 Å². The van der Waals surface area contributed by atoms with Crippen molar-refractivity contribution in [1.29, 1.82) is 0 Å². The molecule has 3 aromatic heterocycles. The van der Waals surface area contributed by atoms with Crippen LogP contribution in [0, 0.1) is 5.82 Å². The van der Waals surface area contributed by atoms with Crippen molar-refractivity contribution in [3.05, 3.63) is 100 Å². The molecule has 1 aromatic carbocycles. The second kappa shape index (κ2) is 9.49. The molecule has 0 aliphatic rings. The first-order valence-corrected chi connectivity index (χ1v) is 10.4. The van der Waals surface area contributed by atoms with E-state index in [-0.39, 0.29) is 30.1 Å². The van der Waals surface area contributed by atoms with Gasteiger partial charge in [0.25, 0.3) is 11.8 Å². The number of hydrogen-bond donors (Lipinski definition) is 2. The van der Waals surface area contributed by atoms with E-state index in [4.69, 9.17) is 0 Å². The molecule has 9 nitrogen and oxygen atoms in total. The van der Waals surface area contributed by atoms with Gasteiger partial charge in [-0.15, -0.1) is 0 Å². The first-order chi connectivity index (χ1) is 16.4. The largest absolute Gasteiger partial charge is 0.501 e. The first kappa shape index (κ1) is 22.6. The molecule has 0 fully saturated rings. The molecule has 0 spiro atoms. The maximum atomic E-state index is 13.1. The molecule has 0 saturated heterocycles. The Labute approximate surface area is 193 Å². The topological polar surface area (TPSA) is 117 Å². The average Bonchev–Trinajstić information content (AvgIpc) is 2.86. The predicted octanol–water partition coefficient (Wildman–Crippen LogP) is 2.53. The second-order valence-electron chi connectivity index (χ2n) is 7.27. The highest BCUT2D eigenvalue weighted by molar-refractivity contribution is 6.06. The average molecular weight is 461 g/mol. The minimum Gasteiger partial charge on any atom is -0.501 e. The third-order valence-corrected chi connectivity index (χ3v) is 5.13. The number of carbonyl (C=O) groups excluding carboxylic acids is 2. The monoisotopic (exact) mass is 461 g/mol. The highest BCUT2D eigenvalue weighted by atomic mass is 19.1. The van der Waals surface area contributed by atoms with Gasteiger partial charge in [0.1, 0.15) is 11.5 Å². The molecule has 2 amide bonds. The lowest BCUT2D eigenvalue weighted by Crippen LogP contribution is -2.33. The molecule has 0 aliphatic carbocycles. The molecule has 172 valence electrons. The van der Waals surface area contributed by atoms with Crippen LogP contribution in [0.5, 0.6) is 5.75 Å². The quantitative estimate of drug-likeness (QED) is 0.456. The van der Waals surface area contributed by atoms with Crippen LogP contribution in [-0.4, -0.2) is 37.8 Å². The SMILES string of the molecule is CCN(C(=O)c1ccccn1)c1cccn2c(=O)c(O)c(C(=O)NCc3ccc(F)cc3)nc12. The molecular weight excluding hydrogens is 441 g/mol. The molecule has 0 unspecified atom stereocenters. The number of benzene rings is 1. The fourth-order valence-corrected chi connectivity index (χ4v) is 3.43. The van der Waals surface area contributed by atoms with Crippen LogP contribution in [0.3, 0.4) is 0 Å². The predicted molar refractivity (Wildman–Crippen MR) is 122 cm³/mol. The lowest BCUT2D eigenvalue weighted by Gasteiger charge is -2.22. The normalized spacial score (nSPS) is 10.8. The molecule has 3 heterocycles. The molecule has 34 heavy (non-hydrogen) atoms. The van der Waals surface area contributed by atoms with Crippen molar-refractivity contribution in [3.63, 3.8) is 0 Å². The van der Waals surface area contributed by atoms with Crippen molar-refractivity contribution in [1.82, 2.24) is 19.7 Å². The molecule has 0 radical (unpaired) electrons. The smallest absolute Gasteiger partial charge is 0.300 e. The highest BCUT2D eigenvalue weighted by Gasteiger charge is 2.24. The third-order valence-electron chi connectivity index (χ3n) is 5.13. The number of hydrogen-bond acceptors (Lipinski definition) is 6. The van der Waals surface area contributed by atoms with Crippen LogP contribution in [0.1, 0.15) is 33.5 Å². The van der Waals surface area contributed by atoms with Gasteiger partial charge in [0.15, 0.2) is 11.3 Å². The van der Waals surface area contributed by atoms with Crippen LogP contribution in [0.4, 0.5) is 10.1 Å². The summed E-state index contributed by atoms with van der Waals surface area (Å²) < 4.78 is 14.2. The number of carbonyl (C=O) groups is 2. The van der Waals surface area contributed by atoms with Gasteiger partial charge in [0.05, 0.1) is 5.69 Å². The first-order valence-electron chi connectivity index (χ1n) is 10.4. The van der Waals surface area contributed by atoms with Gasteiger partial charge in [0.2, 0.25) is 5.75 Å². The number of pyridine rings is 2. The standard InChI is InChI=1S/C24H20FN5O4/c1-2-29(23(33)17-6-3-4-12-26-17)18-7-5-13-30-21(18)28-19(20(31)24(30)34)22(32)27-14-15-8-10-16(25)11-9-15/h3-13,31H,2,14H2,1H3,(H,27,32). The number of fused-ring (bicyclic) bond motifs is 1. The van der Waals surface area contributed by atoms with Gasteiger partial charge in [0, 0.05) is 25.5 Å².